The number of hydrogen-bond donors (Lipinski definition) is 9. The monoisotopic (exact) mass is 1130 g/mol. The van der Waals surface area contributed by atoms with Crippen LogP contribution in [-0.2, 0) is 23.7 Å². The van der Waals surface area contributed by atoms with E-state index in [9.17, 15) is 45.6 Å². The van der Waals surface area contributed by atoms with Gasteiger partial charge in [-0.15, -0.1) is 0 Å². The molecule has 0 aromatic carbocycles. The minimum atomic E-state index is -1.80. The molecule has 2 rings (SSSR count). The zero-order chi connectivity index (χ0) is 58.1. The first-order valence-electron chi connectivity index (χ1n) is 31.1. The molecule has 9 N–H and O–H groups in total. The van der Waals surface area contributed by atoms with Crippen molar-refractivity contribution in [2.45, 2.75) is 280 Å². The van der Waals surface area contributed by atoms with Gasteiger partial charge in [-0.05, 0) is 83.5 Å². The molecule has 80 heavy (non-hydrogen) atoms. The highest BCUT2D eigenvalue weighted by atomic mass is 16.7. The summed E-state index contributed by atoms with van der Waals surface area (Å²) in [7, 11) is 0. The molecule has 12 atom stereocenters. The molecule has 0 spiro atoms. The number of hydrogen-bond acceptors (Lipinski definition) is 13. The first-order valence-corrected chi connectivity index (χ1v) is 31.1. The normalized spacial score (nSPS) is 25.0. The number of nitrogens with one attached hydrogen (secondary N) is 1. The molecule has 458 valence electrons. The van der Waals surface area contributed by atoms with Crippen molar-refractivity contribution in [3.05, 3.63) is 109 Å². The molecular weight excluding hydrogens is 1010 g/mol. The summed E-state index contributed by atoms with van der Waals surface area (Å²) >= 11 is 0. The Morgan fingerprint density at radius 2 is 0.875 bits per heavy atom. The highest BCUT2D eigenvalue weighted by Crippen LogP contribution is 2.30. The second-order valence-corrected chi connectivity index (χ2v) is 21.4. The highest BCUT2D eigenvalue weighted by molar-refractivity contribution is 5.76. The van der Waals surface area contributed by atoms with E-state index >= 15 is 0 Å². The van der Waals surface area contributed by atoms with Crippen molar-refractivity contribution in [3.63, 3.8) is 0 Å². The molecule has 2 aliphatic rings. The number of allylic oxidation sites excluding steroid dienone is 17. The van der Waals surface area contributed by atoms with Crippen molar-refractivity contribution < 1.29 is 64.6 Å². The standard InChI is InChI=1S/C66H111NO13/c1-3-5-7-9-11-13-15-17-19-21-23-25-27-29-31-33-35-37-39-41-43-45-47-49-55(70)54(53-77-65-63(76)61(74)64(57(52-69)79-65)80-66-62(75)60(73)59(72)56(51-68)78-66)67-58(71)50-48-46-44-42-40-38-36-34-32-30-28-26-24-22-20-18-16-14-12-10-8-6-4-2/h6,8,12,14,18,20,24,26,30,32,36,38-39,41-42,44,47,49,54-57,59-66,68-70,72-76H,3-5,7,9-11,13,15-17,19,21-23,25,27-29,31,33-35,37,40,43,45-46,48,50-53H2,1-2H3,(H,67,71)/b8-6-,14-12-,20-18-,26-24-,32-30-,38-36-,41-39+,44-42-,49-47+. The molecule has 12 unspecified atom stereocenters. The largest absolute Gasteiger partial charge is 0.394 e. The molecule has 2 saturated heterocycles. The number of amides is 1. The summed E-state index contributed by atoms with van der Waals surface area (Å²) in [4.78, 5) is 13.2. The van der Waals surface area contributed by atoms with E-state index in [-0.39, 0.29) is 18.9 Å². The summed E-state index contributed by atoms with van der Waals surface area (Å²) in [6.07, 6.45) is 54.2. The number of carbonyl (C=O) groups is 1. The van der Waals surface area contributed by atoms with Crippen LogP contribution in [-0.4, -0.2) is 140 Å². The van der Waals surface area contributed by atoms with Gasteiger partial charge in [0.2, 0.25) is 5.91 Å². The van der Waals surface area contributed by atoms with Crippen LogP contribution in [0.15, 0.2) is 109 Å². The van der Waals surface area contributed by atoms with Crippen LogP contribution in [0.3, 0.4) is 0 Å². The Kier molecular flexibility index (Phi) is 45.6. The average molecular weight is 1130 g/mol. The van der Waals surface area contributed by atoms with Gasteiger partial charge >= 0.3 is 0 Å². The number of ether oxygens (including phenoxy) is 4. The third-order valence-corrected chi connectivity index (χ3v) is 14.4. The lowest BCUT2D eigenvalue weighted by atomic mass is 9.97. The van der Waals surface area contributed by atoms with Gasteiger partial charge in [0.1, 0.15) is 48.8 Å². The molecule has 0 aromatic rings. The second kappa shape index (κ2) is 50.2. The average Bonchev–Trinajstić information content (AvgIpc) is 3.46. The molecule has 14 nitrogen and oxygen atoms in total. The van der Waals surface area contributed by atoms with E-state index in [2.05, 4.69) is 110 Å². The summed E-state index contributed by atoms with van der Waals surface area (Å²) in [6, 6.07) is -0.971. The Morgan fingerprint density at radius 1 is 0.463 bits per heavy atom. The second-order valence-electron chi connectivity index (χ2n) is 21.4. The van der Waals surface area contributed by atoms with Crippen molar-refractivity contribution in [1.82, 2.24) is 5.32 Å². The Bertz CT molecular complexity index is 1760. The molecule has 0 saturated carbocycles. The minimum Gasteiger partial charge on any atom is -0.394 e. The van der Waals surface area contributed by atoms with Gasteiger partial charge < -0.3 is 65.1 Å². The Hall–Kier alpha value is -3.35. The van der Waals surface area contributed by atoms with Crippen LogP contribution in [0.25, 0.3) is 0 Å². The summed E-state index contributed by atoms with van der Waals surface area (Å²) in [6.45, 7) is 2.63. The lowest BCUT2D eigenvalue weighted by Gasteiger charge is -2.46. The maximum atomic E-state index is 13.2. The van der Waals surface area contributed by atoms with Crippen molar-refractivity contribution >= 4 is 5.91 Å². The van der Waals surface area contributed by atoms with Crippen LogP contribution in [0.4, 0.5) is 0 Å². The molecule has 0 aromatic heterocycles. The lowest BCUT2D eigenvalue weighted by molar-refractivity contribution is -0.359. The fraction of sp³-hybridized carbons (Fsp3) is 0.712. The number of unbranched alkanes of at least 4 members (excludes halogenated alkanes) is 19. The van der Waals surface area contributed by atoms with E-state index in [1.165, 1.54) is 109 Å². The van der Waals surface area contributed by atoms with Gasteiger partial charge in [0.05, 0.1) is 32.0 Å². The molecule has 2 fully saturated rings. The topological polar surface area (TPSA) is 228 Å². The van der Waals surface area contributed by atoms with E-state index in [0.717, 1.165) is 57.8 Å². The fourth-order valence-corrected chi connectivity index (χ4v) is 9.47. The van der Waals surface area contributed by atoms with Gasteiger partial charge in [0.15, 0.2) is 12.6 Å². The first kappa shape index (κ1) is 72.8. The molecule has 2 heterocycles. The molecule has 1 amide bonds. The molecule has 14 heteroatoms. The van der Waals surface area contributed by atoms with E-state index in [4.69, 9.17) is 18.9 Å². The van der Waals surface area contributed by atoms with Crippen molar-refractivity contribution in [2.75, 3.05) is 19.8 Å². The van der Waals surface area contributed by atoms with Crippen LogP contribution in [0.2, 0.25) is 0 Å². The van der Waals surface area contributed by atoms with Gasteiger partial charge in [-0.2, -0.15) is 0 Å². The predicted molar refractivity (Wildman–Crippen MR) is 322 cm³/mol. The summed E-state index contributed by atoms with van der Waals surface area (Å²) in [5.74, 6) is -0.310. The number of rotatable bonds is 48. The third-order valence-electron chi connectivity index (χ3n) is 14.4. The smallest absolute Gasteiger partial charge is 0.220 e. The van der Waals surface area contributed by atoms with Crippen LogP contribution in [0, 0.1) is 0 Å². The summed E-state index contributed by atoms with van der Waals surface area (Å²) in [5, 5.41) is 87.1. The summed E-state index contributed by atoms with van der Waals surface area (Å²) in [5.41, 5.74) is 0. The quantitative estimate of drug-likeness (QED) is 0.0204. The lowest BCUT2D eigenvalue weighted by Crippen LogP contribution is -2.65. The van der Waals surface area contributed by atoms with E-state index in [0.29, 0.717) is 19.3 Å². The fourth-order valence-electron chi connectivity index (χ4n) is 9.47. The van der Waals surface area contributed by atoms with Gasteiger partial charge in [-0.25, -0.2) is 0 Å². The summed E-state index contributed by atoms with van der Waals surface area (Å²) < 4.78 is 22.7. The Morgan fingerprint density at radius 3 is 1.38 bits per heavy atom. The number of carbonyl (C=O) groups excluding carboxylic acids is 1. The number of aliphatic hydroxyl groups excluding tert-OH is 8. The van der Waals surface area contributed by atoms with Gasteiger partial charge in [-0.1, -0.05) is 226 Å². The van der Waals surface area contributed by atoms with E-state index in [1.54, 1.807) is 6.08 Å². The van der Waals surface area contributed by atoms with Gasteiger partial charge in [0, 0.05) is 6.42 Å². The number of aliphatic hydroxyl groups is 8. The predicted octanol–water partition coefficient (Wildman–Crippen LogP) is 11.2. The first-order chi connectivity index (χ1) is 39.1. The van der Waals surface area contributed by atoms with E-state index < -0.39 is 86.8 Å². The van der Waals surface area contributed by atoms with Crippen molar-refractivity contribution in [1.29, 1.82) is 0 Å². The maximum absolute atomic E-state index is 13.2. The third kappa shape index (κ3) is 34.9. The zero-order valence-corrected chi connectivity index (χ0v) is 49.3. The minimum absolute atomic E-state index is 0.187. The van der Waals surface area contributed by atoms with Crippen molar-refractivity contribution in [3.8, 4) is 0 Å². The van der Waals surface area contributed by atoms with Crippen molar-refractivity contribution in [2.24, 2.45) is 0 Å². The zero-order valence-electron chi connectivity index (χ0n) is 49.3. The highest BCUT2D eigenvalue weighted by Gasteiger charge is 2.51. The van der Waals surface area contributed by atoms with Crippen LogP contribution in [0.5, 0.6) is 0 Å². The molecular formula is C66H111NO13. The van der Waals surface area contributed by atoms with Crippen LogP contribution >= 0.6 is 0 Å². The Labute approximate surface area is 483 Å². The Balaban J connectivity index is 1.81. The molecule has 2 aliphatic heterocycles. The van der Waals surface area contributed by atoms with Crippen LogP contribution < -0.4 is 5.32 Å². The van der Waals surface area contributed by atoms with Gasteiger partial charge in [-0.3, -0.25) is 4.79 Å². The molecule has 0 radical (unpaired) electrons. The SMILES string of the molecule is CC/C=C\C/C=C\C/C=C\C/C=C\C/C=C\C/C=C\C/C=C\CCCC(=O)NC(COC1OC(CO)C(OC2OC(CO)C(O)C(O)C2O)C(O)C1O)C(O)/C=C/CC/C=C/CCCCCCCCCCCCCCCCCCC. The maximum Gasteiger partial charge on any atom is 0.220 e. The molecule has 0 aliphatic carbocycles. The van der Waals surface area contributed by atoms with E-state index in [1.807, 2.05) is 12.2 Å². The van der Waals surface area contributed by atoms with Gasteiger partial charge in [0.25, 0.3) is 0 Å². The van der Waals surface area contributed by atoms with Crippen LogP contribution in [0.1, 0.15) is 206 Å². The molecule has 0 bridgehead atoms.